The molecule has 0 bridgehead atoms. The van der Waals surface area contributed by atoms with E-state index in [9.17, 15) is 39.2 Å². The molecule has 1 fully saturated rings. The van der Waals surface area contributed by atoms with Crippen molar-refractivity contribution in [1.29, 1.82) is 0 Å². The number of rotatable bonds is 9. The van der Waals surface area contributed by atoms with Gasteiger partial charge in [0.25, 0.3) is 20.2 Å². The van der Waals surface area contributed by atoms with E-state index in [1.165, 1.54) is 23.5 Å². The van der Waals surface area contributed by atoms with Gasteiger partial charge >= 0.3 is 12.3 Å². The first kappa shape index (κ1) is 32.8. The molecule has 1 atom stereocenters. The lowest BCUT2D eigenvalue weighted by molar-refractivity contribution is -0.242. The van der Waals surface area contributed by atoms with Crippen LogP contribution in [-0.4, -0.2) is 71.3 Å². The van der Waals surface area contributed by atoms with Crippen molar-refractivity contribution in [3.63, 3.8) is 0 Å². The summed E-state index contributed by atoms with van der Waals surface area (Å²) in [4.78, 5) is 12.0. The zero-order valence-electron chi connectivity index (χ0n) is 23.5. The van der Waals surface area contributed by atoms with Crippen molar-refractivity contribution in [2.24, 2.45) is 0 Å². The lowest BCUT2D eigenvalue weighted by Gasteiger charge is -2.36. The fourth-order valence-electron chi connectivity index (χ4n) is 4.65. The van der Waals surface area contributed by atoms with Crippen LogP contribution < -0.4 is 19.1 Å². The van der Waals surface area contributed by atoms with Crippen molar-refractivity contribution >= 4 is 37.7 Å². The minimum atomic E-state index is -4.85. The van der Waals surface area contributed by atoms with Gasteiger partial charge in [0.2, 0.25) is 5.60 Å². The molecule has 2 N–H and O–H groups in total. The molecule has 1 aliphatic carbocycles. The molecule has 0 spiro atoms. The molecule has 1 heterocycles. The van der Waals surface area contributed by atoms with Gasteiger partial charge in [0.05, 0.1) is 23.7 Å². The minimum Gasteiger partial charge on any atom is -0.485 e. The summed E-state index contributed by atoms with van der Waals surface area (Å²) in [5.41, 5.74) is -3.01. The molecule has 0 aromatic heterocycles. The second-order valence-corrected chi connectivity index (χ2v) is 14.4. The van der Waals surface area contributed by atoms with E-state index < -0.39 is 56.6 Å². The van der Waals surface area contributed by atoms with Gasteiger partial charge in [-0.2, -0.15) is 30.6 Å². The van der Waals surface area contributed by atoms with Crippen LogP contribution in [0, 0.1) is 5.82 Å². The van der Waals surface area contributed by atoms with E-state index in [0.717, 1.165) is 60.3 Å². The zero-order valence-corrected chi connectivity index (χ0v) is 25.2. The maximum absolute atomic E-state index is 13.7. The molecular weight excluding hydrogens is 620 g/mol. The molecule has 1 amide bonds. The fourth-order valence-corrected chi connectivity index (χ4v) is 7.36. The van der Waals surface area contributed by atoms with Gasteiger partial charge < -0.3 is 9.47 Å². The van der Waals surface area contributed by atoms with E-state index >= 15 is 0 Å². The van der Waals surface area contributed by atoms with Crippen LogP contribution in [0.5, 0.6) is 5.75 Å². The summed E-state index contributed by atoms with van der Waals surface area (Å²) >= 11 is 0. The second kappa shape index (κ2) is 12.1. The molecule has 1 saturated carbocycles. The highest BCUT2D eigenvalue weighted by Crippen LogP contribution is 2.39. The summed E-state index contributed by atoms with van der Waals surface area (Å²) in [6.07, 6.45) is -4.01. The average Bonchev–Trinajstić information content (AvgIpc) is 3.45. The van der Waals surface area contributed by atoms with E-state index in [-0.39, 0.29) is 34.6 Å². The smallest absolute Gasteiger partial charge is 0.427 e. The summed E-state index contributed by atoms with van der Waals surface area (Å²) < 4.78 is 121. The van der Waals surface area contributed by atoms with E-state index in [0.29, 0.717) is 13.8 Å². The highest BCUT2D eigenvalue weighted by molar-refractivity contribution is 7.92. The first-order valence-corrected chi connectivity index (χ1v) is 16.2. The normalized spacial score (nSPS) is 18.3. The molecule has 1 unspecified atom stereocenters. The van der Waals surface area contributed by atoms with Crippen molar-refractivity contribution in [3.8, 4) is 5.75 Å². The Bertz CT molecular complexity index is 1550. The van der Waals surface area contributed by atoms with Crippen LogP contribution in [0.1, 0.15) is 39.5 Å². The maximum Gasteiger partial charge on any atom is 0.427 e. The summed E-state index contributed by atoms with van der Waals surface area (Å²) in [6, 6.07) is 7.54. The maximum atomic E-state index is 13.7. The van der Waals surface area contributed by atoms with Gasteiger partial charge in [-0.3, -0.25) is 9.62 Å². The van der Waals surface area contributed by atoms with Crippen molar-refractivity contribution in [1.82, 2.24) is 9.03 Å². The molecule has 17 heteroatoms. The molecule has 43 heavy (non-hydrogen) atoms. The third-order valence-electron chi connectivity index (χ3n) is 7.28. The topological polar surface area (TPSA) is 134 Å². The quantitative estimate of drug-likeness (QED) is 0.384. The molecule has 2 aliphatic rings. The van der Waals surface area contributed by atoms with Crippen LogP contribution in [0.2, 0.25) is 0 Å². The molecule has 0 radical (unpaired) electrons. The number of carbonyl (C=O) groups is 1. The van der Waals surface area contributed by atoms with Crippen LogP contribution in [0.3, 0.4) is 0 Å². The van der Waals surface area contributed by atoms with Crippen molar-refractivity contribution in [3.05, 3.63) is 48.3 Å². The minimum absolute atomic E-state index is 0.0141. The van der Waals surface area contributed by atoms with Gasteiger partial charge in [-0.1, -0.05) is 12.8 Å². The SMILES string of the molecule is CN(C1CCCC1)S(=O)(=O)NCC1CN(S(=O)(=O)c2ccc(F)cc2)c2cc(NC(=O)OC(C)(C)C(F)(F)F)ccc2O1. The Hall–Kier alpha value is -3.15. The Balaban J connectivity index is 1.61. The molecule has 11 nitrogen and oxygen atoms in total. The third-order valence-corrected chi connectivity index (χ3v) is 10.7. The van der Waals surface area contributed by atoms with Gasteiger partial charge in [-0.15, -0.1) is 0 Å². The monoisotopic (exact) mass is 652 g/mol. The van der Waals surface area contributed by atoms with Crippen LogP contribution in [0.25, 0.3) is 0 Å². The predicted octanol–water partition coefficient (Wildman–Crippen LogP) is 4.38. The number of hydrogen-bond acceptors (Lipinski definition) is 7. The summed E-state index contributed by atoms with van der Waals surface area (Å²) in [7, 11) is -6.85. The van der Waals surface area contributed by atoms with Gasteiger partial charge in [0, 0.05) is 18.8 Å². The molecule has 4 rings (SSSR count). The fraction of sp³-hybridized carbons (Fsp3) is 0.500. The Labute approximate surface area is 247 Å². The van der Waals surface area contributed by atoms with Gasteiger partial charge in [0.1, 0.15) is 17.7 Å². The molecule has 1 aliphatic heterocycles. The summed E-state index contributed by atoms with van der Waals surface area (Å²) in [6.45, 7) is 0.652. The van der Waals surface area contributed by atoms with Crippen LogP contribution in [0.4, 0.5) is 33.7 Å². The highest BCUT2D eigenvalue weighted by atomic mass is 32.2. The summed E-state index contributed by atoms with van der Waals surface area (Å²) in [5, 5.41) is 2.15. The Morgan fingerprint density at radius 1 is 1.07 bits per heavy atom. The second-order valence-electron chi connectivity index (χ2n) is 10.7. The van der Waals surface area contributed by atoms with Crippen molar-refractivity contribution in [2.75, 3.05) is 29.8 Å². The predicted molar refractivity (Wildman–Crippen MR) is 149 cm³/mol. The van der Waals surface area contributed by atoms with Gasteiger partial charge in [0.15, 0.2) is 0 Å². The molecule has 0 saturated heterocycles. The number of alkyl halides is 3. The lowest BCUT2D eigenvalue weighted by Crippen LogP contribution is -2.51. The Kier molecular flexibility index (Phi) is 9.21. The van der Waals surface area contributed by atoms with E-state index in [4.69, 9.17) is 4.74 Å². The number of halogens is 4. The molecular formula is C26H32F4N4O7S2. The van der Waals surface area contributed by atoms with E-state index in [1.54, 1.807) is 0 Å². The largest absolute Gasteiger partial charge is 0.485 e. The van der Waals surface area contributed by atoms with E-state index in [1.807, 2.05) is 0 Å². The highest BCUT2D eigenvalue weighted by Gasteiger charge is 2.51. The molecule has 238 valence electrons. The number of carbonyl (C=O) groups excluding carboxylic acids is 1. The first-order chi connectivity index (χ1) is 19.9. The number of hydrogen-bond donors (Lipinski definition) is 2. The zero-order chi connectivity index (χ0) is 31.8. The number of fused-ring (bicyclic) bond motifs is 1. The number of nitrogens with one attached hydrogen (secondary N) is 2. The Morgan fingerprint density at radius 3 is 2.30 bits per heavy atom. The van der Waals surface area contributed by atoms with Gasteiger partial charge in [-0.25, -0.2) is 17.6 Å². The van der Waals surface area contributed by atoms with Crippen LogP contribution >= 0.6 is 0 Å². The van der Waals surface area contributed by atoms with E-state index in [2.05, 4.69) is 14.8 Å². The average molecular weight is 653 g/mol. The standard InChI is InChI=1S/C26H32F4N4O7S2/c1-25(2,26(28,29)30)41-24(35)32-18-10-13-23-22(14-18)34(42(36,37)21-11-8-17(27)9-12-21)16-20(40-23)15-31-43(38,39)33(3)19-6-4-5-7-19/h8-14,19-20,31H,4-7,15-16H2,1-3H3,(H,32,35). The number of ether oxygens (including phenoxy) is 2. The number of amides is 1. The molecule has 2 aromatic carbocycles. The molecule has 2 aromatic rings. The first-order valence-electron chi connectivity index (χ1n) is 13.3. The number of anilines is 2. The van der Waals surface area contributed by atoms with Crippen LogP contribution in [0.15, 0.2) is 47.4 Å². The number of nitrogens with zero attached hydrogens (tertiary/aromatic N) is 2. The number of benzene rings is 2. The Morgan fingerprint density at radius 2 is 1.70 bits per heavy atom. The van der Waals surface area contributed by atoms with Crippen molar-refractivity contribution in [2.45, 2.75) is 68.3 Å². The van der Waals surface area contributed by atoms with Crippen molar-refractivity contribution < 1.29 is 48.7 Å². The third kappa shape index (κ3) is 7.33. The van der Waals surface area contributed by atoms with Crippen LogP contribution in [-0.2, 0) is 25.0 Å². The number of sulfonamides is 1. The summed E-state index contributed by atoms with van der Waals surface area (Å²) in [5.74, 6) is -0.688. The lowest BCUT2D eigenvalue weighted by atomic mass is 10.1. The van der Waals surface area contributed by atoms with Gasteiger partial charge in [-0.05, 0) is 69.2 Å².